The standard InChI is InChI=1S/C14H21ClN4O/c1-3-8-19-9-6-11(7-10-19)18(2)14(20)12-4-5-13(15)17-16-12/h4-5,11H,3,6-10H2,1-2H3. The number of halogens is 1. The zero-order valence-corrected chi connectivity index (χ0v) is 12.8. The first-order chi connectivity index (χ1) is 9.61. The van der Waals surface area contributed by atoms with Gasteiger partial charge in [-0.25, -0.2) is 0 Å². The van der Waals surface area contributed by atoms with Crippen molar-refractivity contribution in [3.05, 3.63) is 23.0 Å². The summed E-state index contributed by atoms with van der Waals surface area (Å²) in [7, 11) is 1.85. The predicted molar refractivity (Wildman–Crippen MR) is 78.9 cm³/mol. The summed E-state index contributed by atoms with van der Waals surface area (Å²) in [4.78, 5) is 16.6. The number of carbonyl (C=O) groups is 1. The second-order valence-corrected chi connectivity index (χ2v) is 5.62. The van der Waals surface area contributed by atoms with Crippen molar-refractivity contribution >= 4 is 17.5 Å². The SMILES string of the molecule is CCCN1CCC(N(C)C(=O)c2ccc(Cl)nn2)CC1. The minimum atomic E-state index is -0.0805. The zero-order chi connectivity index (χ0) is 14.5. The molecule has 6 heteroatoms. The van der Waals surface area contributed by atoms with E-state index in [9.17, 15) is 4.79 Å². The van der Waals surface area contributed by atoms with Crippen molar-refractivity contribution in [1.29, 1.82) is 0 Å². The number of amides is 1. The van der Waals surface area contributed by atoms with Gasteiger partial charge >= 0.3 is 0 Å². The number of likely N-dealkylation sites (tertiary alicyclic amines) is 1. The van der Waals surface area contributed by atoms with Crippen LogP contribution in [-0.4, -0.2) is 58.6 Å². The average molecular weight is 297 g/mol. The third-order valence-electron chi connectivity index (χ3n) is 3.82. The first-order valence-electron chi connectivity index (χ1n) is 7.10. The van der Waals surface area contributed by atoms with E-state index in [1.807, 2.05) is 7.05 Å². The first-order valence-corrected chi connectivity index (χ1v) is 7.48. The molecule has 0 saturated carbocycles. The van der Waals surface area contributed by atoms with E-state index in [0.717, 1.165) is 32.5 Å². The Kier molecular flexibility index (Phi) is 5.31. The Balaban J connectivity index is 1.93. The van der Waals surface area contributed by atoms with Gasteiger partial charge < -0.3 is 9.80 Å². The van der Waals surface area contributed by atoms with E-state index in [1.165, 1.54) is 6.42 Å². The Hall–Kier alpha value is -1.20. The maximum atomic E-state index is 12.3. The van der Waals surface area contributed by atoms with Gasteiger partial charge in [0.15, 0.2) is 10.8 Å². The van der Waals surface area contributed by atoms with E-state index in [2.05, 4.69) is 22.0 Å². The van der Waals surface area contributed by atoms with E-state index in [1.54, 1.807) is 17.0 Å². The molecule has 0 aromatic carbocycles. The van der Waals surface area contributed by atoms with Crippen LogP contribution in [0.2, 0.25) is 5.15 Å². The summed E-state index contributed by atoms with van der Waals surface area (Å²) in [5, 5.41) is 7.88. The molecule has 1 aromatic rings. The van der Waals surface area contributed by atoms with Gasteiger partial charge in [-0.15, -0.1) is 10.2 Å². The third kappa shape index (κ3) is 3.67. The molecule has 1 fully saturated rings. The van der Waals surface area contributed by atoms with Gasteiger partial charge in [0, 0.05) is 26.2 Å². The fourth-order valence-corrected chi connectivity index (χ4v) is 2.72. The third-order valence-corrected chi connectivity index (χ3v) is 4.02. The second kappa shape index (κ2) is 6.99. The largest absolute Gasteiger partial charge is 0.337 e. The van der Waals surface area contributed by atoms with Crippen LogP contribution in [0.3, 0.4) is 0 Å². The smallest absolute Gasteiger partial charge is 0.274 e. The van der Waals surface area contributed by atoms with E-state index >= 15 is 0 Å². The van der Waals surface area contributed by atoms with Gasteiger partial charge in [0.1, 0.15) is 0 Å². The lowest BCUT2D eigenvalue weighted by Gasteiger charge is -2.36. The van der Waals surface area contributed by atoms with Gasteiger partial charge in [-0.2, -0.15) is 0 Å². The zero-order valence-electron chi connectivity index (χ0n) is 12.0. The number of rotatable bonds is 4. The molecule has 5 nitrogen and oxygen atoms in total. The van der Waals surface area contributed by atoms with Gasteiger partial charge in [0.25, 0.3) is 5.91 Å². The van der Waals surface area contributed by atoms with Crippen LogP contribution in [0.5, 0.6) is 0 Å². The quantitative estimate of drug-likeness (QED) is 0.853. The number of hydrogen-bond acceptors (Lipinski definition) is 4. The maximum absolute atomic E-state index is 12.3. The molecule has 1 aliphatic heterocycles. The van der Waals surface area contributed by atoms with Crippen LogP contribution >= 0.6 is 11.6 Å². The van der Waals surface area contributed by atoms with Crippen molar-refractivity contribution in [3.8, 4) is 0 Å². The summed E-state index contributed by atoms with van der Waals surface area (Å²) < 4.78 is 0. The van der Waals surface area contributed by atoms with Gasteiger partial charge in [0.2, 0.25) is 0 Å². The molecule has 1 saturated heterocycles. The van der Waals surface area contributed by atoms with Gasteiger partial charge in [-0.05, 0) is 37.9 Å². The summed E-state index contributed by atoms with van der Waals surface area (Å²) >= 11 is 5.69. The molecule has 0 atom stereocenters. The molecule has 0 unspecified atom stereocenters. The van der Waals surface area contributed by atoms with Crippen molar-refractivity contribution in [3.63, 3.8) is 0 Å². The highest BCUT2D eigenvalue weighted by Gasteiger charge is 2.26. The number of piperidine rings is 1. The molecule has 110 valence electrons. The van der Waals surface area contributed by atoms with E-state index in [0.29, 0.717) is 10.8 Å². The molecule has 20 heavy (non-hydrogen) atoms. The molecule has 1 aromatic heterocycles. The first kappa shape index (κ1) is 15.2. The summed E-state index contributed by atoms with van der Waals surface area (Å²) in [6, 6.07) is 3.51. The fraction of sp³-hybridized carbons (Fsp3) is 0.643. The lowest BCUT2D eigenvalue weighted by atomic mass is 10.0. The lowest BCUT2D eigenvalue weighted by Crippen LogP contribution is -2.45. The number of hydrogen-bond donors (Lipinski definition) is 0. The van der Waals surface area contributed by atoms with Gasteiger partial charge in [-0.1, -0.05) is 18.5 Å². The minimum Gasteiger partial charge on any atom is -0.337 e. The topological polar surface area (TPSA) is 49.3 Å². The Labute approximate surface area is 124 Å². The van der Waals surface area contributed by atoms with Crippen LogP contribution in [0.1, 0.15) is 36.7 Å². The Bertz CT molecular complexity index is 443. The van der Waals surface area contributed by atoms with E-state index in [4.69, 9.17) is 11.6 Å². The monoisotopic (exact) mass is 296 g/mol. The second-order valence-electron chi connectivity index (χ2n) is 5.23. The Morgan fingerprint density at radius 1 is 1.40 bits per heavy atom. The van der Waals surface area contributed by atoms with Crippen LogP contribution in [0, 0.1) is 0 Å². The normalized spacial score (nSPS) is 17.1. The van der Waals surface area contributed by atoms with Crippen molar-refractivity contribution in [2.75, 3.05) is 26.7 Å². The van der Waals surface area contributed by atoms with Crippen molar-refractivity contribution < 1.29 is 4.79 Å². The number of carbonyl (C=O) groups excluding carboxylic acids is 1. The molecule has 2 heterocycles. The molecule has 1 amide bonds. The van der Waals surface area contributed by atoms with Gasteiger partial charge in [0.05, 0.1) is 0 Å². The van der Waals surface area contributed by atoms with Crippen LogP contribution in [0.25, 0.3) is 0 Å². The predicted octanol–water partition coefficient (Wildman–Crippen LogP) is 2.08. The summed E-state index contributed by atoms with van der Waals surface area (Å²) in [6.45, 7) is 5.46. The average Bonchev–Trinajstić information content (AvgIpc) is 2.48. The molecular weight excluding hydrogens is 276 g/mol. The minimum absolute atomic E-state index is 0.0805. The molecule has 1 aliphatic rings. The molecule has 0 aliphatic carbocycles. The fourth-order valence-electron chi connectivity index (χ4n) is 2.62. The van der Waals surface area contributed by atoms with Crippen LogP contribution in [0.4, 0.5) is 0 Å². The van der Waals surface area contributed by atoms with Gasteiger partial charge in [-0.3, -0.25) is 4.79 Å². The number of aromatic nitrogens is 2. The highest BCUT2D eigenvalue weighted by atomic mass is 35.5. The highest BCUT2D eigenvalue weighted by molar-refractivity contribution is 6.29. The molecule has 0 N–H and O–H groups in total. The molecule has 0 bridgehead atoms. The Morgan fingerprint density at radius 2 is 2.10 bits per heavy atom. The van der Waals surface area contributed by atoms with Crippen LogP contribution in [0.15, 0.2) is 12.1 Å². The summed E-state index contributed by atoms with van der Waals surface area (Å²) in [5.74, 6) is -0.0805. The van der Waals surface area contributed by atoms with Crippen molar-refractivity contribution in [2.24, 2.45) is 0 Å². The van der Waals surface area contributed by atoms with Crippen LogP contribution in [-0.2, 0) is 0 Å². The molecule has 0 radical (unpaired) electrons. The number of nitrogens with zero attached hydrogens (tertiary/aromatic N) is 4. The van der Waals surface area contributed by atoms with Crippen LogP contribution < -0.4 is 0 Å². The molecule has 2 rings (SSSR count). The summed E-state index contributed by atoms with van der Waals surface area (Å²) in [5.41, 5.74) is 0.355. The van der Waals surface area contributed by atoms with Crippen molar-refractivity contribution in [2.45, 2.75) is 32.2 Å². The maximum Gasteiger partial charge on any atom is 0.274 e. The molecular formula is C14H21ClN4O. The Morgan fingerprint density at radius 3 is 2.65 bits per heavy atom. The lowest BCUT2D eigenvalue weighted by molar-refractivity contribution is 0.0636. The van der Waals surface area contributed by atoms with Crippen molar-refractivity contribution in [1.82, 2.24) is 20.0 Å². The van der Waals surface area contributed by atoms with E-state index < -0.39 is 0 Å². The molecule has 0 spiro atoms. The summed E-state index contributed by atoms with van der Waals surface area (Å²) in [6.07, 6.45) is 3.21. The van der Waals surface area contributed by atoms with E-state index in [-0.39, 0.29) is 11.9 Å². The highest BCUT2D eigenvalue weighted by Crippen LogP contribution is 2.17.